The lowest BCUT2D eigenvalue weighted by Gasteiger charge is -2.18. The minimum atomic E-state index is -0.542. The quantitative estimate of drug-likeness (QED) is 0.279. The second-order valence-corrected chi connectivity index (χ2v) is 7.21. The van der Waals surface area contributed by atoms with Gasteiger partial charge in [0.15, 0.2) is 12.4 Å². The van der Waals surface area contributed by atoms with Crippen LogP contribution in [0.4, 0.5) is 5.69 Å². The molecule has 0 amide bonds. The van der Waals surface area contributed by atoms with Gasteiger partial charge in [0.1, 0.15) is 11.3 Å². The summed E-state index contributed by atoms with van der Waals surface area (Å²) in [6.07, 6.45) is 3.35. The number of hydrogen-bond acceptors (Lipinski definition) is 6. The van der Waals surface area contributed by atoms with Crippen LogP contribution in [-0.2, 0) is 12.8 Å². The highest BCUT2D eigenvalue weighted by molar-refractivity contribution is 5.98. The number of benzene rings is 2. The van der Waals surface area contributed by atoms with Gasteiger partial charge in [0.2, 0.25) is 0 Å². The molecule has 7 heteroatoms. The van der Waals surface area contributed by atoms with Crippen LogP contribution in [0.3, 0.4) is 0 Å². The zero-order valence-corrected chi connectivity index (χ0v) is 15.9. The molecule has 4 rings (SSSR count). The van der Waals surface area contributed by atoms with Crippen molar-refractivity contribution < 1.29 is 18.9 Å². The monoisotopic (exact) mass is 393 g/mol. The highest BCUT2D eigenvalue weighted by atomic mass is 16.6. The molecule has 1 heterocycles. The Hall–Kier alpha value is -3.48. The SMILES string of the molecule is Cc1cc(OCC(=O)c2cccc([N+](=O)[O-])c2)c2c3c(c(=O)oc2c1)CCCC3. The summed E-state index contributed by atoms with van der Waals surface area (Å²) in [5.74, 6) is 0.121. The fourth-order valence-electron chi connectivity index (χ4n) is 3.80. The van der Waals surface area contributed by atoms with E-state index in [1.165, 1.54) is 24.3 Å². The second kappa shape index (κ2) is 7.50. The van der Waals surface area contributed by atoms with Crippen LogP contribution in [0.15, 0.2) is 45.6 Å². The van der Waals surface area contributed by atoms with Crippen LogP contribution in [0.5, 0.6) is 5.75 Å². The van der Waals surface area contributed by atoms with E-state index in [0.29, 0.717) is 23.3 Å². The molecule has 0 bridgehead atoms. The Balaban J connectivity index is 1.69. The Kier molecular flexibility index (Phi) is 4.88. The predicted molar refractivity (Wildman–Crippen MR) is 107 cm³/mol. The lowest BCUT2D eigenvalue weighted by molar-refractivity contribution is -0.384. The highest BCUT2D eigenvalue weighted by Crippen LogP contribution is 2.34. The smallest absolute Gasteiger partial charge is 0.339 e. The molecule has 0 atom stereocenters. The number of nitro benzene ring substituents is 1. The molecule has 1 aromatic heterocycles. The van der Waals surface area contributed by atoms with Crippen molar-refractivity contribution in [2.75, 3.05) is 6.61 Å². The first-order valence-electron chi connectivity index (χ1n) is 9.43. The van der Waals surface area contributed by atoms with Crippen LogP contribution < -0.4 is 10.4 Å². The second-order valence-electron chi connectivity index (χ2n) is 7.21. The number of nitrogens with zero attached hydrogens (tertiary/aromatic N) is 1. The van der Waals surface area contributed by atoms with Crippen LogP contribution in [0.1, 0.15) is 39.9 Å². The van der Waals surface area contributed by atoms with Crippen molar-refractivity contribution in [1.82, 2.24) is 0 Å². The third-order valence-electron chi connectivity index (χ3n) is 5.17. The summed E-state index contributed by atoms with van der Waals surface area (Å²) >= 11 is 0. The van der Waals surface area contributed by atoms with Crippen molar-refractivity contribution >= 4 is 22.4 Å². The van der Waals surface area contributed by atoms with Gasteiger partial charge in [-0.3, -0.25) is 14.9 Å². The molecule has 0 fully saturated rings. The van der Waals surface area contributed by atoms with Gasteiger partial charge in [0, 0.05) is 23.3 Å². The van der Waals surface area contributed by atoms with Crippen LogP contribution in [0, 0.1) is 17.0 Å². The number of hydrogen-bond donors (Lipinski definition) is 0. The third kappa shape index (κ3) is 3.63. The summed E-state index contributed by atoms with van der Waals surface area (Å²) in [5.41, 5.74) is 2.67. The van der Waals surface area contributed by atoms with Crippen LogP contribution in [0.25, 0.3) is 11.0 Å². The van der Waals surface area contributed by atoms with Gasteiger partial charge in [-0.2, -0.15) is 0 Å². The van der Waals surface area contributed by atoms with E-state index in [-0.39, 0.29) is 29.3 Å². The fraction of sp³-hybridized carbons (Fsp3) is 0.273. The van der Waals surface area contributed by atoms with E-state index in [1.54, 1.807) is 6.07 Å². The molecule has 3 aromatic rings. The molecule has 0 radical (unpaired) electrons. The average Bonchev–Trinajstić information content (AvgIpc) is 2.71. The number of aryl methyl sites for hydroxylation is 2. The maximum Gasteiger partial charge on any atom is 0.339 e. The summed E-state index contributed by atoms with van der Waals surface area (Å²) in [5, 5.41) is 11.7. The van der Waals surface area contributed by atoms with Crippen molar-refractivity contribution in [2.45, 2.75) is 32.6 Å². The number of ketones is 1. The van der Waals surface area contributed by atoms with E-state index in [2.05, 4.69) is 0 Å². The van der Waals surface area contributed by atoms with Gasteiger partial charge in [-0.1, -0.05) is 12.1 Å². The lowest BCUT2D eigenvalue weighted by Crippen LogP contribution is -2.17. The first-order valence-corrected chi connectivity index (χ1v) is 9.43. The summed E-state index contributed by atoms with van der Waals surface area (Å²) < 4.78 is 11.4. The van der Waals surface area contributed by atoms with Gasteiger partial charge in [-0.15, -0.1) is 0 Å². The zero-order chi connectivity index (χ0) is 20.5. The number of carbonyl (C=O) groups excluding carboxylic acids is 1. The van der Waals surface area contributed by atoms with Gasteiger partial charge in [-0.05, 0) is 55.9 Å². The summed E-state index contributed by atoms with van der Waals surface area (Å²) in [6, 6.07) is 9.17. The number of rotatable bonds is 5. The van der Waals surface area contributed by atoms with E-state index in [1.807, 2.05) is 13.0 Å². The van der Waals surface area contributed by atoms with Crippen LogP contribution >= 0.6 is 0 Å². The molecule has 29 heavy (non-hydrogen) atoms. The summed E-state index contributed by atoms with van der Waals surface area (Å²) in [6.45, 7) is 1.59. The Morgan fingerprint density at radius 2 is 1.93 bits per heavy atom. The lowest BCUT2D eigenvalue weighted by atomic mass is 9.90. The van der Waals surface area contributed by atoms with E-state index < -0.39 is 4.92 Å². The largest absolute Gasteiger partial charge is 0.485 e. The molecule has 1 aliphatic rings. The number of non-ortho nitro benzene ring substituents is 1. The zero-order valence-electron chi connectivity index (χ0n) is 15.9. The van der Waals surface area contributed by atoms with Crippen molar-refractivity contribution in [1.29, 1.82) is 0 Å². The van der Waals surface area contributed by atoms with E-state index in [0.717, 1.165) is 35.8 Å². The number of carbonyl (C=O) groups is 1. The van der Waals surface area contributed by atoms with Gasteiger partial charge in [0.05, 0.1) is 10.3 Å². The van der Waals surface area contributed by atoms with Crippen molar-refractivity contribution in [3.05, 3.63) is 79.2 Å². The highest BCUT2D eigenvalue weighted by Gasteiger charge is 2.22. The molecule has 0 N–H and O–H groups in total. The summed E-state index contributed by atoms with van der Waals surface area (Å²) in [7, 11) is 0. The van der Waals surface area contributed by atoms with Gasteiger partial charge in [-0.25, -0.2) is 4.79 Å². The van der Waals surface area contributed by atoms with E-state index in [9.17, 15) is 19.7 Å². The maximum atomic E-state index is 12.5. The van der Waals surface area contributed by atoms with E-state index >= 15 is 0 Å². The summed E-state index contributed by atoms with van der Waals surface area (Å²) in [4.78, 5) is 35.2. The topological polar surface area (TPSA) is 99.6 Å². The van der Waals surface area contributed by atoms with Crippen molar-refractivity contribution in [2.24, 2.45) is 0 Å². The minimum Gasteiger partial charge on any atom is -0.485 e. The molecule has 7 nitrogen and oxygen atoms in total. The molecule has 0 aliphatic heterocycles. The van der Waals surface area contributed by atoms with Gasteiger partial charge in [0.25, 0.3) is 5.69 Å². The van der Waals surface area contributed by atoms with Crippen LogP contribution in [-0.4, -0.2) is 17.3 Å². The molecule has 2 aromatic carbocycles. The number of ether oxygens (including phenoxy) is 1. The standard InChI is InChI=1S/C22H19NO6/c1-13-9-19(28-12-18(24)14-5-4-6-15(11-14)23(26)27)21-16-7-2-3-8-17(16)22(25)29-20(21)10-13/h4-6,9-11H,2-3,7-8,12H2,1H3. The van der Waals surface area contributed by atoms with Crippen molar-refractivity contribution in [3.8, 4) is 5.75 Å². The first-order chi connectivity index (χ1) is 13.9. The molecular formula is C22H19NO6. The van der Waals surface area contributed by atoms with E-state index in [4.69, 9.17) is 9.15 Å². The average molecular weight is 393 g/mol. The van der Waals surface area contributed by atoms with Crippen molar-refractivity contribution in [3.63, 3.8) is 0 Å². The number of fused-ring (bicyclic) bond motifs is 3. The maximum absolute atomic E-state index is 12.5. The Morgan fingerprint density at radius 1 is 1.17 bits per heavy atom. The molecule has 1 aliphatic carbocycles. The Bertz CT molecular complexity index is 1190. The Labute approximate surface area is 166 Å². The minimum absolute atomic E-state index is 0.146. The number of Topliss-reactive ketones (excluding diaryl/α,β-unsaturated/α-hetero) is 1. The molecule has 0 unspecified atom stereocenters. The van der Waals surface area contributed by atoms with Gasteiger partial charge >= 0.3 is 5.63 Å². The normalized spacial score (nSPS) is 13.1. The predicted octanol–water partition coefficient (Wildman–Crippen LogP) is 4.15. The third-order valence-corrected chi connectivity index (χ3v) is 5.17. The molecule has 148 valence electrons. The van der Waals surface area contributed by atoms with Crippen LogP contribution in [0.2, 0.25) is 0 Å². The molecule has 0 saturated carbocycles. The first kappa shape index (κ1) is 18.9. The number of nitro groups is 1. The Morgan fingerprint density at radius 3 is 2.69 bits per heavy atom. The fourth-order valence-corrected chi connectivity index (χ4v) is 3.80. The molecule has 0 saturated heterocycles. The molecular weight excluding hydrogens is 374 g/mol. The van der Waals surface area contributed by atoms with Gasteiger partial charge < -0.3 is 9.15 Å². The molecule has 0 spiro atoms.